The number of hydrogen-bond donors (Lipinski definition) is 1. The molecule has 1 saturated carbocycles. The lowest BCUT2D eigenvalue weighted by atomic mass is 10.3. The standard InChI is InChI=1S/C14H21BrN2/c1-2-10-17(12-7-8-12)11-9-16-14-6-4-3-5-13(14)15/h3-6,12,16H,2,7-11H2,1H3. The van der Waals surface area contributed by atoms with Gasteiger partial charge in [0, 0.05) is 29.3 Å². The Bertz CT molecular complexity index is 350. The van der Waals surface area contributed by atoms with Gasteiger partial charge in [0.15, 0.2) is 0 Å². The van der Waals surface area contributed by atoms with Gasteiger partial charge in [-0.15, -0.1) is 0 Å². The molecule has 2 nitrogen and oxygen atoms in total. The topological polar surface area (TPSA) is 15.3 Å². The smallest absolute Gasteiger partial charge is 0.0485 e. The molecule has 1 aromatic rings. The molecule has 17 heavy (non-hydrogen) atoms. The first-order valence-electron chi connectivity index (χ1n) is 6.53. The molecule has 3 heteroatoms. The third-order valence-electron chi connectivity index (χ3n) is 3.16. The zero-order valence-electron chi connectivity index (χ0n) is 10.5. The van der Waals surface area contributed by atoms with Crippen molar-refractivity contribution in [3.63, 3.8) is 0 Å². The molecule has 0 aromatic heterocycles. The zero-order valence-corrected chi connectivity index (χ0v) is 12.0. The molecule has 0 unspecified atom stereocenters. The van der Waals surface area contributed by atoms with Crippen LogP contribution in [0, 0.1) is 0 Å². The highest BCUT2D eigenvalue weighted by atomic mass is 79.9. The molecule has 1 aromatic carbocycles. The summed E-state index contributed by atoms with van der Waals surface area (Å²) in [6.45, 7) is 5.68. The van der Waals surface area contributed by atoms with Crippen LogP contribution in [0.4, 0.5) is 5.69 Å². The molecule has 0 amide bonds. The number of anilines is 1. The van der Waals surface area contributed by atoms with Gasteiger partial charge in [-0.3, -0.25) is 4.90 Å². The lowest BCUT2D eigenvalue weighted by Gasteiger charge is -2.21. The largest absolute Gasteiger partial charge is 0.383 e. The number of benzene rings is 1. The Morgan fingerprint density at radius 2 is 2.06 bits per heavy atom. The molecule has 1 N–H and O–H groups in total. The Labute approximate surface area is 113 Å². The summed E-state index contributed by atoms with van der Waals surface area (Å²) in [5, 5.41) is 3.50. The summed E-state index contributed by atoms with van der Waals surface area (Å²) in [6, 6.07) is 9.18. The van der Waals surface area contributed by atoms with Gasteiger partial charge < -0.3 is 5.32 Å². The van der Waals surface area contributed by atoms with Crippen LogP contribution in [0.15, 0.2) is 28.7 Å². The van der Waals surface area contributed by atoms with E-state index in [0.717, 1.165) is 23.6 Å². The van der Waals surface area contributed by atoms with E-state index in [1.807, 2.05) is 6.07 Å². The van der Waals surface area contributed by atoms with Gasteiger partial charge in [-0.1, -0.05) is 19.1 Å². The summed E-state index contributed by atoms with van der Waals surface area (Å²) in [6.07, 6.45) is 4.05. The van der Waals surface area contributed by atoms with Crippen LogP contribution >= 0.6 is 15.9 Å². The van der Waals surface area contributed by atoms with Crippen molar-refractivity contribution < 1.29 is 0 Å². The van der Waals surface area contributed by atoms with E-state index < -0.39 is 0 Å². The van der Waals surface area contributed by atoms with E-state index in [0.29, 0.717) is 0 Å². The number of rotatable bonds is 7. The maximum atomic E-state index is 3.56. The van der Waals surface area contributed by atoms with Crippen molar-refractivity contribution in [3.05, 3.63) is 28.7 Å². The molecule has 0 heterocycles. The second-order valence-corrected chi connectivity index (χ2v) is 5.53. The van der Waals surface area contributed by atoms with E-state index in [9.17, 15) is 0 Å². The van der Waals surface area contributed by atoms with Crippen LogP contribution in [0.1, 0.15) is 26.2 Å². The van der Waals surface area contributed by atoms with Gasteiger partial charge in [0.2, 0.25) is 0 Å². The van der Waals surface area contributed by atoms with Crippen LogP contribution in [0.3, 0.4) is 0 Å². The van der Waals surface area contributed by atoms with Gasteiger partial charge in [-0.05, 0) is 53.9 Å². The highest BCUT2D eigenvalue weighted by Gasteiger charge is 2.27. The maximum absolute atomic E-state index is 3.56. The predicted octanol–water partition coefficient (Wildman–Crippen LogP) is 3.74. The van der Waals surface area contributed by atoms with Crippen molar-refractivity contribution >= 4 is 21.6 Å². The monoisotopic (exact) mass is 296 g/mol. The summed E-state index contributed by atoms with van der Waals surface area (Å²) in [5.41, 5.74) is 1.19. The Hall–Kier alpha value is -0.540. The molecule has 0 spiro atoms. The van der Waals surface area contributed by atoms with Crippen molar-refractivity contribution in [2.75, 3.05) is 25.0 Å². The van der Waals surface area contributed by atoms with Crippen LogP contribution < -0.4 is 5.32 Å². The molecular formula is C14H21BrN2. The van der Waals surface area contributed by atoms with Gasteiger partial charge in [-0.25, -0.2) is 0 Å². The SMILES string of the molecule is CCCN(CCNc1ccccc1Br)C1CC1. The third-order valence-corrected chi connectivity index (χ3v) is 3.85. The molecule has 2 rings (SSSR count). The highest BCUT2D eigenvalue weighted by Crippen LogP contribution is 2.26. The molecular weight excluding hydrogens is 276 g/mol. The molecule has 94 valence electrons. The number of halogens is 1. The number of nitrogens with zero attached hydrogens (tertiary/aromatic N) is 1. The lowest BCUT2D eigenvalue weighted by Crippen LogP contribution is -2.31. The van der Waals surface area contributed by atoms with Gasteiger partial charge in [0.1, 0.15) is 0 Å². The van der Waals surface area contributed by atoms with E-state index >= 15 is 0 Å². The summed E-state index contributed by atoms with van der Waals surface area (Å²) >= 11 is 3.56. The van der Waals surface area contributed by atoms with E-state index in [-0.39, 0.29) is 0 Å². The summed E-state index contributed by atoms with van der Waals surface area (Å²) in [4.78, 5) is 2.61. The van der Waals surface area contributed by atoms with E-state index in [1.54, 1.807) is 0 Å². The quantitative estimate of drug-likeness (QED) is 0.825. The van der Waals surface area contributed by atoms with Gasteiger partial charge in [0.25, 0.3) is 0 Å². The normalized spacial score (nSPS) is 15.2. The van der Waals surface area contributed by atoms with Crippen molar-refractivity contribution in [1.82, 2.24) is 4.90 Å². The number of hydrogen-bond acceptors (Lipinski definition) is 2. The van der Waals surface area contributed by atoms with Crippen LogP contribution in [-0.4, -0.2) is 30.6 Å². The maximum Gasteiger partial charge on any atom is 0.0485 e. The molecule has 1 aliphatic rings. The Morgan fingerprint density at radius 3 is 2.71 bits per heavy atom. The minimum Gasteiger partial charge on any atom is -0.383 e. The van der Waals surface area contributed by atoms with E-state index in [2.05, 4.69) is 51.3 Å². The van der Waals surface area contributed by atoms with Gasteiger partial charge in [-0.2, -0.15) is 0 Å². The zero-order chi connectivity index (χ0) is 12.1. The van der Waals surface area contributed by atoms with Gasteiger partial charge >= 0.3 is 0 Å². The molecule has 0 atom stereocenters. The predicted molar refractivity (Wildman–Crippen MR) is 77.5 cm³/mol. The fourth-order valence-electron chi connectivity index (χ4n) is 2.14. The Morgan fingerprint density at radius 1 is 1.29 bits per heavy atom. The Balaban J connectivity index is 1.76. The molecule has 0 saturated heterocycles. The first-order valence-corrected chi connectivity index (χ1v) is 7.33. The van der Waals surface area contributed by atoms with Gasteiger partial charge in [0.05, 0.1) is 0 Å². The van der Waals surface area contributed by atoms with Crippen LogP contribution in [-0.2, 0) is 0 Å². The molecule has 0 aliphatic heterocycles. The second kappa shape index (κ2) is 6.41. The van der Waals surface area contributed by atoms with E-state index in [1.165, 1.54) is 31.5 Å². The molecule has 1 fully saturated rings. The van der Waals surface area contributed by atoms with Crippen molar-refractivity contribution in [2.45, 2.75) is 32.2 Å². The average molecular weight is 297 g/mol. The van der Waals surface area contributed by atoms with Crippen LogP contribution in [0.2, 0.25) is 0 Å². The summed E-state index contributed by atoms with van der Waals surface area (Å²) in [5.74, 6) is 0. The second-order valence-electron chi connectivity index (χ2n) is 4.67. The molecule has 1 aliphatic carbocycles. The van der Waals surface area contributed by atoms with Crippen molar-refractivity contribution in [1.29, 1.82) is 0 Å². The lowest BCUT2D eigenvalue weighted by molar-refractivity contribution is 0.274. The van der Waals surface area contributed by atoms with Crippen LogP contribution in [0.5, 0.6) is 0 Å². The first kappa shape index (κ1) is 12.9. The van der Waals surface area contributed by atoms with Crippen molar-refractivity contribution in [3.8, 4) is 0 Å². The van der Waals surface area contributed by atoms with Crippen LogP contribution in [0.25, 0.3) is 0 Å². The molecule has 0 bridgehead atoms. The first-order chi connectivity index (χ1) is 8.31. The number of para-hydroxylation sites is 1. The fourth-order valence-corrected chi connectivity index (χ4v) is 2.57. The van der Waals surface area contributed by atoms with E-state index in [4.69, 9.17) is 0 Å². The number of nitrogens with one attached hydrogen (secondary N) is 1. The summed E-state index contributed by atoms with van der Waals surface area (Å²) < 4.78 is 1.15. The minimum absolute atomic E-state index is 0.871. The highest BCUT2D eigenvalue weighted by molar-refractivity contribution is 9.10. The fraction of sp³-hybridized carbons (Fsp3) is 0.571. The van der Waals surface area contributed by atoms with Crippen molar-refractivity contribution in [2.24, 2.45) is 0 Å². The third kappa shape index (κ3) is 4.00. The Kier molecular flexibility index (Phi) is 4.86. The summed E-state index contributed by atoms with van der Waals surface area (Å²) in [7, 11) is 0. The molecule has 0 radical (unpaired) electrons. The average Bonchev–Trinajstić information content (AvgIpc) is 3.14. The minimum atomic E-state index is 0.871.